The van der Waals surface area contributed by atoms with Crippen molar-refractivity contribution in [3.63, 3.8) is 0 Å². The van der Waals surface area contributed by atoms with Crippen LogP contribution in [0.3, 0.4) is 0 Å². The van der Waals surface area contributed by atoms with Crippen molar-refractivity contribution in [2.75, 3.05) is 13.2 Å². The van der Waals surface area contributed by atoms with Crippen LogP contribution in [0, 0.1) is 5.92 Å². The van der Waals surface area contributed by atoms with Crippen molar-refractivity contribution in [1.29, 1.82) is 0 Å². The van der Waals surface area contributed by atoms with Crippen LogP contribution in [0.1, 0.15) is 31.4 Å². The highest BCUT2D eigenvalue weighted by Crippen LogP contribution is 2.19. The normalized spacial score (nSPS) is 21.0. The summed E-state index contributed by atoms with van der Waals surface area (Å²) >= 11 is 0. The predicted molar refractivity (Wildman–Crippen MR) is 82.6 cm³/mol. The lowest BCUT2D eigenvalue weighted by molar-refractivity contribution is -0.147. The zero-order valence-electron chi connectivity index (χ0n) is 13.1. The lowest BCUT2D eigenvalue weighted by Gasteiger charge is -2.23. The first kappa shape index (κ1) is 16.5. The van der Waals surface area contributed by atoms with E-state index in [2.05, 4.69) is 19.2 Å². The third-order valence-electron chi connectivity index (χ3n) is 3.84. The Morgan fingerprint density at radius 1 is 1.27 bits per heavy atom. The average molecular weight is 305 g/mol. The Hall–Kier alpha value is -1.88. The molecule has 120 valence electrons. The first-order valence-electron chi connectivity index (χ1n) is 7.61. The molecule has 1 amide bonds. The quantitative estimate of drug-likeness (QED) is 0.840. The molecule has 0 bridgehead atoms. The summed E-state index contributed by atoms with van der Waals surface area (Å²) in [6.07, 6.45) is 1.49. The summed E-state index contributed by atoms with van der Waals surface area (Å²) in [6.45, 7) is 4.71. The van der Waals surface area contributed by atoms with Gasteiger partial charge in [0, 0.05) is 13.0 Å². The van der Waals surface area contributed by atoms with Gasteiger partial charge in [0.25, 0.3) is 0 Å². The molecule has 1 unspecified atom stereocenters. The average Bonchev–Trinajstić information content (AvgIpc) is 2.90. The Labute approximate surface area is 130 Å². The standard InChI is InChI=1S/C17H23NO4/c1-12(2)9-13-3-5-14(6-4-13)10-15(19)18-17(16(20)21)7-8-22-11-17/h3-6,12H,7-11H2,1-2H3,(H,18,19)(H,20,21). The summed E-state index contributed by atoms with van der Waals surface area (Å²) in [6, 6.07) is 7.90. The second-order valence-corrected chi connectivity index (χ2v) is 6.33. The smallest absolute Gasteiger partial charge is 0.331 e. The highest BCUT2D eigenvalue weighted by molar-refractivity contribution is 5.88. The van der Waals surface area contributed by atoms with Gasteiger partial charge in [0.05, 0.1) is 13.0 Å². The molecule has 1 saturated heterocycles. The van der Waals surface area contributed by atoms with E-state index in [0.29, 0.717) is 18.9 Å². The Balaban J connectivity index is 1.95. The Bertz CT molecular complexity index is 530. The number of carbonyl (C=O) groups excluding carboxylic acids is 1. The Morgan fingerprint density at radius 3 is 2.41 bits per heavy atom. The van der Waals surface area contributed by atoms with E-state index in [1.165, 1.54) is 5.56 Å². The van der Waals surface area contributed by atoms with Crippen molar-refractivity contribution in [3.05, 3.63) is 35.4 Å². The fourth-order valence-corrected chi connectivity index (χ4v) is 2.65. The lowest BCUT2D eigenvalue weighted by Crippen LogP contribution is -2.55. The SMILES string of the molecule is CC(C)Cc1ccc(CC(=O)NC2(C(=O)O)CCOC2)cc1. The minimum absolute atomic E-state index is 0.0292. The van der Waals surface area contributed by atoms with Gasteiger partial charge in [0.2, 0.25) is 5.91 Å². The zero-order chi connectivity index (χ0) is 16.2. The van der Waals surface area contributed by atoms with Crippen molar-refractivity contribution >= 4 is 11.9 Å². The van der Waals surface area contributed by atoms with E-state index in [-0.39, 0.29) is 18.9 Å². The van der Waals surface area contributed by atoms with Crippen LogP contribution in [0.5, 0.6) is 0 Å². The second-order valence-electron chi connectivity index (χ2n) is 6.33. The van der Waals surface area contributed by atoms with Gasteiger partial charge in [0.1, 0.15) is 0 Å². The third-order valence-corrected chi connectivity index (χ3v) is 3.84. The number of hydrogen-bond donors (Lipinski definition) is 2. The molecule has 2 N–H and O–H groups in total. The van der Waals surface area contributed by atoms with Crippen LogP contribution >= 0.6 is 0 Å². The third kappa shape index (κ3) is 4.07. The van der Waals surface area contributed by atoms with Crippen LogP contribution in [0.25, 0.3) is 0 Å². The summed E-state index contributed by atoms with van der Waals surface area (Å²) in [5.41, 5.74) is 0.851. The van der Waals surface area contributed by atoms with Gasteiger partial charge >= 0.3 is 5.97 Å². The first-order valence-corrected chi connectivity index (χ1v) is 7.61. The zero-order valence-corrected chi connectivity index (χ0v) is 13.1. The number of aliphatic carboxylic acids is 1. The molecule has 5 nitrogen and oxygen atoms in total. The first-order chi connectivity index (χ1) is 10.4. The van der Waals surface area contributed by atoms with Gasteiger partial charge in [-0.05, 0) is 23.5 Å². The molecule has 1 fully saturated rings. The monoisotopic (exact) mass is 305 g/mol. The maximum atomic E-state index is 12.1. The molecule has 1 aliphatic heterocycles. The number of nitrogens with one attached hydrogen (secondary N) is 1. The van der Waals surface area contributed by atoms with E-state index in [4.69, 9.17) is 4.74 Å². The number of amides is 1. The van der Waals surface area contributed by atoms with Crippen molar-refractivity contribution in [2.45, 2.75) is 38.6 Å². The molecule has 0 aliphatic carbocycles. The number of carboxylic acids is 1. The van der Waals surface area contributed by atoms with Crippen LogP contribution in [0.4, 0.5) is 0 Å². The van der Waals surface area contributed by atoms with Crippen molar-refractivity contribution in [2.24, 2.45) is 5.92 Å². The molecule has 22 heavy (non-hydrogen) atoms. The molecule has 0 radical (unpaired) electrons. The van der Waals surface area contributed by atoms with E-state index in [0.717, 1.165) is 12.0 Å². The fourth-order valence-electron chi connectivity index (χ4n) is 2.65. The lowest BCUT2D eigenvalue weighted by atomic mass is 9.98. The maximum Gasteiger partial charge on any atom is 0.331 e. The fraction of sp³-hybridized carbons (Fsp3) is 0.529. The predicted octanol–water partition coefficient (Wildman–Crippen LogP) is 1.79. The van der Waals surface area contributed by atoms with Crippen LogP contribution in [0.2, 0.25) is 0 Å². The molecule has 0 saturated carbocycles. The summed E-state index contributed by atoms with van der Waals surface area (Å²) in [4.78, 5) is 23.5. The Kier molecular flexibility index (Phi) is 5.19. The number of hydrogen-bond acceptors (Lipinski definition) is 3. The topological polar surface area (TPSA) is 75.6 Å². The molecular weight excluding hydrogens is 282 g/mol. The molecule has 0 aromatic heterocycles. The number of ether oxygens (including phenoxy) is 1. The number of carboxylic acid groups (broad SMARTS) is 1. The summed E-state index contributed by atoms with van der Waals surface area (Å²) in [5, 5.41) is 11.9. The molecule has 1 aromatic rings. The van der Waals surface area contributed by atoms with Gasteiger partial charge in [-0.3, -0.25) is 4.79 Å². The summed E-state index contributed by atoms with van der Waals surface area (Å²) < 4.78 is 5.13. The molecule has 1 aromatic carbocycles. The molecule has 1 aliphatic rings. The van der Waals surface area contributed by atoms with Crippen molar-refractivity contribution in [1.82, 2.24) is 5.32 Å². The van der Waals surface area contributed by atoms with E-state index in [9.17, 15) is 14.7 Å². The molecule has 1 atom stereocenters. The second kappa shape index (κ2) is 6.92. The summed E-state index contributed by atoms with van der Waals surface area (Å²) in [5.74, 6) is -0.734. The number of carbonyl (C=O) groups is 2. The molecular formula is C17H23NO4. The van der Waals surface area contributed by atoms with Gasteiger partial charge in [-0.1, -0.05) is 38.1 Å². The van der Waals surface area contributed by atoms with Gasteiger partial charge in [-0.2, -0.15) is 0 Å². The van der Waals surface area contributed by atoms with Crippen molar-refractivity contribution < 1.29 is 19.4 Å². The highest BCUT2D eigenvalue weighted by atomic mass is 16.5. The van der Waals surface area contributed by atoms with E-state index in [1.54, 1.807) is 0 Å². The van der Waals surface area contributed by atoms with E-state index in [1.807, 2.05) is 24.3 Å². The van der Waals surface area contributed by atoms with Gasteiger partial charge in [-0.15, -0.1) is 0 Å². The maximum absolute atomic E-state index is 12.1. The number of rotatable bonds is 6. The van der Waals surface area contributed by atoms with Gasteiger partial charge < -0.3 is 15.2 Å². The van der Waals surface area contributed by atoms with Crippen LogP contribution in [0.15, 0.2) is 24.3 Å². The molecule has 5 heteroatoms. The summed E-state index contributed by atoms with van der Waals surface area (Å²) in [7, 11) is 0. The van der Waals surface area contributed by atoms with Crippen LogP contribution < -0.4 is 5.32 Å². The van der Waals surface area contributed by atoms with Gasteiger partial charge in [0.15, 0.2) is 5.54 Å². The number of benzene rings is 1. The molecule has 2 rings (SSSR count). The van der Waals surface area contributed by atoms with E-state index < -0.39 is 11.5 Å². The molecule has 1 heterocycles. The van der Waals surface area contributed by atoms with Gasteiger partial charge in [-0.25, -0.2) is 4.79 Å². The largest absolute Gasteiger partial charge is 0.479 e. The van der Waals surface area contributed by atoms with E-state index >= 15 is 0 Å². The van der Waals surface area contributed by atoms with Crippen LogP contribution in [-0.4, -0.2) is 35.7 Å². The van der Waals surface area contributed by atoms with Crippen molar-refractivity contribution in [3.8, 4) is 0 Å². The van der Waals surface area contributed by atoms with Crippen LogP contribution in [-0.2, 0) is 27.2 Å². The Morgan fingerprint density at radius 2 is 1.91 bits per heavy atom. The minimum atomic E-state index is -1.27. The highest BCUT2D eigenvalue weighted by Gasteiger charge is 2.43. The minimum Gasteiger partial charge on any atom is -0.479 e. The molecule has 0 spiro atoms.